The number of fused-ring (bicyclic) bond motifs is 23. The molecule has 0 heterocycles. The Kier molecular flexibility index (Phi) is 3.06. The number of hydrogen-bond donors (Lipinski definition) is 0. The molecular weight excluding hydrogens is 375 g/mol. The van der Waals surface area contributed by atoms with Gasteiger partial charge in [-0.25, -0.2) is 4.39 Å². The minimum Gasteiger partial charge on any atom is -0.460 e. The zero-order valence-corrected chi connectivity index (χ0v) is 18.4. The fourth-order valence-electron chi connectivity index (χ4n) is 12.1. The van der Waals surface area contributed by atoms with Crippen molar-refractivity contribution in [3.05, 3.63) is 12.2 Å². The maximum atomic E-state index is 15.6. The summed E-state index contributed by atoms with van der Waals surface area (Å²) in [5.74, 6) is 9.83. The Hall–Kier alpha value is -0.860. The van der Waals surface area contributed by atoms with Crippen LogP contribution in [0.3, 0.4) is 0 Å². The molecule has 7 fully saturated rings. The average molecular weight is 411 g/mol. The molecule has 0 N–H and O–H groups in total. The van der Waals surface area contributed by atoms with Crippen molar-refractivity contribution in [1.29, 1.82) is 0 Å². The lowest BCUT2D eigenvalue weighted by Gasteiger charge is -2.50. The van der Waals surface area contributed by atoms with Gasteiger partial charge in [-0.2, -0.15) is 0 Å². The predicted molar refractivity (Wildman–Crippen MR) is 111 cm³/mol. The highest BCUT2D eigenvalue weighted by Crippen LogP contribution is 2.81. The second-order valence-corrected chi connectivity index (χ2v) is 13.6. The molecule has 0 amide bonds. The number of rotatable bonds is 1. The zero-order chi connectivity index (χ0) is 20.3. The molecular formula is C27H35FO2. The highest BCUT2D eigenvalue weighted by molar-refractivity contribution is 5.75. The fourth-order valence-corrected chi connectivity index (χ4v) is 12.1. The summed E-state index contributed by atoms with van der Waals surface area (Å²) < 4.78 is 21.3. The Morgan fingerprint density at radius 1 is 0.733 bits per heavy atom. The van der Waals surface area contributed by atoms with Gasteiger partial charge in [0.1, 0.15) is 11.8 Å². The summed E-state index contributed by atoms with van der Waals surface area (Å²) in [5, 5.41) is 0. The van der Waals surface area contributed by atoms with Crippen molar-refractivity contribution in [3.8, 4) is 0 Å². The van der Waals surface area contributed by atoms with Crippen molar-refractivity contribution in [2.45, 2.75) is 58.2 Å². The number of ether oxygens (including phenoxy) is 1. The van der Waals surface area contributed by atoms with Crippen LogP contribution in [0.15, 0.2) is 12.2 Å². The monoisotopic (exact) mass is 410 g/mol. The van der Waals surface area contributed by atoms with Crippen LogP contribution in [-0.2, 0) is 9.53 Å². The maximum absolute atomic E-state index is 15.6. The van der Waals surface area contributed by atoms with Crippen LogP contribution < -0.4 is 0 Å². The molecule has 8 rings (SSSR count). The summed E-state index contributed by atoms with van der Waals surface area (Å²) >= 11 is 0. The molecule has 7 saturated carbocycles. The van der Waals surface area contributed by atoms with E-state index in [-0.39, 0.29) is 17.8 Å². The number of carbonyl (C=O) groups is 1. The van der Waals surface area contributed by atoms with E-state index in [1.165, 1.54) is 19.3 Å². The molecule has 0 saturated heterocycles. The van der Waals surface area contributed by atoms with Gasteiger partial charge < -0.3 is 4.74 Å². The summed E-state index contributed by atoms with van der Waals surface area (Å²) in [6.07, 6.45) is 9.39. The first-order chi connectivity index (χ1) is 14.3. The normalized spacial score (nSPS) is 64.8. The largest absolute Gasteiger partial charge is 0.460 e. The number of carbonyl (C=O) groups excluding carboxylic acids is 1. The molecule has 162 valence electrons. The van der Waals surface area contributed by atoms with E-state index in [9.17, 15) is 4.79 Å². The predicted octanol–water partition coefficient (Wildman–Crippen LogP) is 5.13. The van der Waals surface area contributed by atoms with Crippen molar-refractivity contribution in [2.75, 3.05) is 0 Å². The van der Waals surface area contributed by atoms with Gasteiger partial charge in [-0.1, -0.05) is 12.2 Å². The molecule has 8 bridgehead atoms. The van der Waals surface area contributed by atoms with Gasteiger partial charge in [0.2, 0.25) is 0 Å². The fraction of sp³-hybridized carbons (Fsp3) is 0.889. The Balaban J connectivity index is 1.12. The summed E-state index contributed by atoms with van der Waals surface area (Å²) in [5.41, 5.74) is -0.521. The molecule has 0 aliphatic heterocycles. The van der Waals surface area contributed by atoms with Crippen molar-refractivity contribution < 1.29 is 13.9 Å². The molecule has 0 radical (unpaired) electrons. The molecule has 16 unspecified atom stereocenters. The van der Waals surface area contributed by atoms with Crippen molar-refractivity contribution in [1.82, 2.24) is 0 Å². The van der Waals surface area contributed by atoms with Gasteiger partial charge >= 0.3 is 5.97 Å². The number of allylic oxidation sites excluding steroid dienone is 2. The Morgan fingerprint density at radius 2 is 1.20 bits per heavy atom. The first kappa shape index (κ1) is 17.7. The highest BCUT2D eigenvalue weighted by atomic mass is 19.1. The van der Waals surface area contributed by atoms with E-state index >= 15 is 4.39 Å². The number of esters is 1. The highest BCUT2D eigenvalue weighted by Gasteiger charge is 2.77. The lowest BCUT2D eigenvalue weighted by Crippen LogP contribution is -2.50. The van der Waals surface area contributed by atoms with Gasteiger partial charge in [-0.3, -0.25) is 4.79 Å². The van der Waals surface area contributed by atoms with E-state index in [1.54, 1.807) is 0 Å². The van der Waals surface area contributed by atoms with Crippen LogP contribution in [0.1, 0.15) is 46.5 Å². The van der Waals surface area contributed by atoms with E-state index in [0.717, 1.165) is 65.6 Å². The third-order valence-electron chi connectivity index (χ3n) is 11.9. The minimum atomic E-state index is -0.958. The Morgan fingerprint density at radius 3 is 1.77 bits per heavy atom. The summed E-state index contributed by atoms with van der Waals surface area (Å²) in [6, 6.07) is 0. The molecule has 16 atom stereocenters. The van der Waals surface area contributed by atoms with E-state index in [2.05, 4.69) is 12.2 Å². The molecule has 8 aliphatic carbocycles. The molecule has 3 heteroatoms. The van der Waals surface area contributed by atoms with Gasteiger partial charge in [0.15, 0.2) is 0 Å². The molecule has 0 aromatic carbocycles. The number of alkyl halides is 1. The maximum Gasteiger partial charge on any atom is 0.312 e. The van der Waals surface area contributed by atoms with Crippen molar-refractivity contribution in [2.24, 2.45) is 88.8 Å². The van der Waals surface area contributed by atoms with E-state index in [1.807, 2.05) is 20.8 Å². The first-order valence-electron chi connectivity index (χ1n) is 12.9. The third-order valence-corrected chi connectivity index (χ3v) is 11.9. The topological polar surface area (TPSA) is 26.3 Å². The molecule has 2 nitrogen and oxygen atoms in total. The van der Waals surface area contributed by atoms with Crippen LogP contribution in [0.2, 0.25) is 0 Å². The SMILES string of the molecule is CC(C)(C)OC(=O)C1C(F)C2CC1C1C3CC(C21)C1C2CC(C4C5C=CC(C5)C24)C31. The lowest BCUT2D eigenvalue weighted by molar-refractivity contribution is -0.168. The van der Waals surface area contributed by atoms with Crippen LogP contribution in [0.5, 0.6) is 0 Å². The zero-order valence-electron chi connectivity index (χ0n) is 18.4. The van der Waals surface area contributed by atoms with Crippen LogP contribution in [0.4, 0.5) is 4.39 Å². The second kappa shape index (κ2) is 5.20. The van der Waals surface area contributed by atoms with Gasteiger partial charge in [-0.05, 0) is 129 Å². The summed E-state index contributed by atoms with van der Waals surface area (Å²) in [4.78, 5) is 13.0. The van der Waals surface area contributed by atoms with Gasteiger partial charge in [-0.15, -0.1) is 0 Å². The molecule has 0 spiro atoms. The third kappa shape index (κ3) is 1.81. The molecule has 0 aromatic rings. The van der Waals surface area contributed by atoms with Crippen LogP contribution in [-0.4, -0.2) is 17.7 Å². The van der Waals surface area contributed by atoms with Crippen LogP contribution in [0.25, 0.3) is 0 Å². The minimum absolute atomic E-state index is 0.142. The second-order valence-electron chi connectivity index (χ2n) is 13.6. The first-order valence-corrected chi connectivity index (χ1v) is 12.9. The van der Waals surface area contributed by atoms with Gasteiger partial charge in [0.05, 0.1) is 5.92 Å². The Labute approximate surface area is 179 Å². The Bertz CT molecular complexity index is 857. The van der Waals surface area contributed by atoms with Crippen molar-refractivity contribution >= 4 is 5.97 Å². The van der Waals surface area contributed by atoms with Gasteiger partial charge in [0, 0.05) is 0 Å². The molecule has 30 heavy (non-hydrogen) atoms. The quantitative estimate of drug-likeness (QED) is 0.340. The van der Waals surface area contributed by atoms with E-state index in [0.29, 0.717) is 11.8 Å². The summed E-state index contributed by atoms with van der Waals surface area (Å²) in [7, 11) is 0. The van der Waals surface area contributed by atoms with Crippen LogP contribution >= 0.6 is 0 Å². The standard InChI is InChI=1S/C27H35FO2/c1-27(2,3)30-26(29)24-16-9-17(25(24)28)23-15-8-14(22(16)23)20-12-7-13(21(15)20)19-11-5-4-10(6-11)18(12)19/h4-5,10-25H,6-9H2,1-3H3. The molecule has 0 aromatic heterocycles. The van der Waals surface area contributed by atoms with E-state index in [4.69, 9.17) is 4.74 Å². The van der Waals surface area contributed by atoms with Gasteiger partial charge in [0.25, 0.3) is 0 Å². The smallest absolute Gasteiger partial charge is 0.312 e. The summed E-state index contributed by atoms with van der Waals surface area (Å²) in [6.45, 7) is 5.73. The number of hydrogen-bond acceptors (Lipinski definition) is 2. The average Bonchev–Trinajstić information content (AvgIpc) is 3.50. The van der Waals surface area contributed by atoms with E-state index < -0.39 is 17.7 Å². The van der Waals surface area contributed by atoms with Crippen LogP contribution in [0, 0.1) is 88.8 Å². The number of halogens is 1. The van der Waals surface area contributed by atoms with Crippen molar-refractivity contribution in [3.63, 3.8) is 0 Å². The lowest BCUT2D eigenvalue weighted by atomic mass is 9.54. The molecule has 8 aliphatic rings.